The second kappa shape index (κ2) is 13.7. The Morgan fingerprint density at radius 2 is 1.35 bits per heavy atom. The molecule has 0 aromatic carbocycles. The summed E-state index contributed by atoms with van der Waals surface area (Å²) in [4.78, 5) is 0. The van der Waals surface area contributed by atoms with E-state index in [0.29, 0.717) is 0 Å². The van der Waals surface area contributed by atoms with Crippen molar-refractivity contribution in [3.05, 3.63) is 12.2 Å². The highest BCUT2D eigenvalue weighted by Crippen LogP contribution is 2.31. The van der Waals surface area contributed by atoms with Crippen LogP contribution >= 0.6 is 0 Å². The Morgan fingerprint density at radius 1 is 0.846 bits per heavy atom. The van der Waals surface area contributed by atoms with Gasteiger partial charge in [-0.3, -0.25) is 0 Å². The standard InChI is InChI=1S/C23H44O3/c1-5-6-7-8-9-10-11-12-13-14-15-16-17-21-22(19-18-20(2)24)26-23(3,4)25-21/h18-22,24H,5-17H2,1-4H3/b19-18+. The maximum atomic E-state index is 9.43. The lowest BCUT2D eigenvalue weighted by molar-refractivity contribution is -0.143. The minimum Gasteiger partial charge on any atom is -0.389 e. The molecule has 0 aromatic rings. The lowest BCUT2D eigenvalue weighted by atomic mass is 10.0. The maximum Gasteiger partial charge on any atom is 0.164 e. The average molecular weight is 369 g/mol. The summed E-state index contributed by atoms with van der Waals surface area (Å²) in [5.41, 5.74) is 0. The second-order valence-corrected chi connectivity index (χ2v) is 8.44. The summed E-state index contributed by atoms with van der Waals surface area (Å²) in [6.07, 6.45) is 20.9. The number of unbranched alkanes of at least 4 members (excludes halogenated alkanes) is 11. The molecule has 1 N–H and O–H groups in total. The normalized spacial score (nSPS) is 23.7. The first kappa shape index (κ1) is 23.7. The minimum atomic E-state index is -0.518. The summed E-state index contributed by atoms with van der Waals surface area (Å²) >= 11 is 0. The quantitative estimate of drug-likeness (QED) is 0.264. The van der Waals surface area contributed by atoms with E-state index < -0.39 is 11.9 Å². The van der Waals surface area contributed by atoms with Gasteiger partial charge in [0.25, 0.3) is 0 Å². The number of aliphatic hydroxyl groups excluding tert-OH is 1. The Balaban J connectivity index is 2.04. The van der Waals surface area contributed by atoms with Crippen LogP contribution < -0.4 is 0 Å². The van der Waals surface area contributed by atoms with Crippen LogP contribution in [0, 0.1) is 0 Å². The molecule has 0 saturated carbocycles. The van der Waals surface area contributed by atoms with Gasteiger partial charge in [0.2, 0.25) is 0 Å². The molecule has 1 fully saturated rings. The van der Waals surface area contributed by atoms with E-state index in [1.54, 1.807) is 13.0 Å². The first-order chi connectivity index (χ1) is 12.4. The van der Waals surface area contributed by atoms with E-state index in [4.69, 9.17) is 9.47 Å². The van der Waals surface area contributed by atoms with Gasteiger partial charge in [-0.2, -0.15) is 0 Å². The summed E-state index contributed by atoms with van der Waals surface area (Å²) in [7, 11) is 0. The first-order valence-electron chi connectivity index (χ1n) is 11.2. The van der Waals surface area contributed by atoms with Crippen LogP contribution in [-0.2, 0) is 9.47 Å². The van der Waals surface area contributed by atoms with Crippen LogP contribution in [0.4, 0.5) is 0 Å². The fraction of sp³-hybridized carbons (Fsp3) is 0.913. The third kappa shape index (κ3) is 11.4. The summed E-state index contributed by atoms with van der Waals surface area (Å²) in [5.74, 6) is -0.518. The van der Waals surface area contributed by atoms with Gasteiger partial charge in [0.15, 0.2) is 5.79 Å². The molecular formula is C23H44O3. The van der Waals surface area contributed by atoms with Crippen molar-refractivity contribution in [3.63, 3.8) is 0 Å². The number of rotatable bonds is 15. The molecule has 3 atom stereocenters. The number of aliphatic hydroxyl groups is 1. The molecule has 1 aliphatic heterocycles. The highest BCUT2D eigenvalue weighted by molar-refractivity contribution is 4.99. The van der Waals surface area contributed by atoms with Crippen molar-refractivity contribution < 1.29 is 14.6 Å². The van der Waals surface area contributed by atoms with Crippen LogP contribution in [0.5, 0.6) is 0 Å². The lowest BCUT2D eigenvalue weighted by Gasteiger charge is -2.16. The molecule has 0 radical (unpaired) electrons. The van der Waals surface area contributed by atoms with E-state index in [9.17, 15) is 5.11 Å². The predicted octanol–water partition coefficient (Wildman–Crippen LogP) is 6.53. The molecule has 1 aliphatic rings. The van der Waals surface area contributed by atoms with Crippen LogP contribution in [0.15, 0.2) is 12.2 Å². The number of hydrogen-bond acceptors (Lipinski definition) is 3. The van der Waals surface area contributed by atoms with Gasteiger partial charge < -0.3 is 14.6 Å². The zero-order valence-electron chi connectivity index (χ0n) is 17.8. The Morgan fingerprint density at radius 3 is 1.85 bits per heavy atom. The molecule has 1 rings (SSSR count). The van der Waals surface area contributed by atoms with Crippen molar-refractivity contribution in [2.24, 2.45) is 0 Å². The summed E-state index contributed by atoms with van der Waals surface area (Å²) in [5, 5.41) is 9.43. The first-order valence-corrected chi connectivity index (χ1v) is 11.2. The van der Waals surface area contributed by atoms with Gasteiger partial charge in [0.05, 0.1) is 12.2 Å². The molecule has 154 valence electrons. The summed E-state index contributed by atoms with van der Waals surface area (Å²) in [6.45, 7) is 7.98. The van der Waals surface area contributed by atoms with Crippen molar-refractivity contribution >= 4 is 0 Å². The highest BCUT2D eigenvalue weighted by Gasteiger charge is 2.39. The molecule has 1 heterocycles. The molecular weight excluding hydrogens is 324 g/mol. The predicted molar refractivity (Wildman–Crippen MR) is 110 cm³/mol. The Kier molecular flexibility index (Phi) is 12.5. The third-order valence-electron chi connectivity index (χ3n) is 5.14. The van der Waals surface area contributed by atoms with Gasteiger partial charge in [0, 0.05) is 0 Å². The average Bonchev–Trinajstić information content (AvgIpc) is 2.88. The van der Waals surface area contributed by atoms with Gasteiger partial charge >= 0.3 is 0 Å². The van der Waals surface area contributed by atoms with E-state index in [2.05, 4.69) is 6.92 Å². The van der Waals surface area contributed by atoms with Crippen molar-refractivity contribution in [2.45, 2.75) is 135 Å². The molecule has 0 spiro atoms. The van der Waals surface area contributed by atoms with E-state index in [1.807, 2.05) is 19.9 Å². The zero-order valence-corrected chi connectivity index (χ0v) is 17.8. The highest BCUT2D eigenvalue weighted by atomic mass is 16.7. The van der Waals surface area contributed by atoms with Crippen LogP contribution in [0.3, 0.4) is 0 Å². The third-order valence-corrected chi connectivity index (χ3v) is 5.14. The molecule has 0 aromatic heterocycles. The van der Waals surface area contributed by atoms with Crippen molar-refractivity contribution in [2.75, 3.05) is 0 Å². The van der Waals surface area contributed by atoms with Crippen molar-refractivity contribution in [3.8, 4) is 0 Å². The van der Waals surface area contributed by atoms with Gasteiger partial charge in [-0.1, -0.05) is 96.1 Å². The van der Waals surface area contributed by atoms with Gasteiger partial charge in [-0.15, -0.1) is 0 Å². The maximum absolute atomic E-state index is 9.43. The Bertz CT molecular complexity index is 362. The van der Waals surface area contributed by atoms with Crippen molar-refractivity contribution in [1.29, 1.82) is 0 Å². The zero-order chi connectivity index (χ0) is 19.3. The molecule has 1 saturated heterocycles. The van der Waals surface area contributed by atoms with E-state index >= 15 is 0 Å². The molecule has 0 aliphatic carbocycles. The number of hydrogen-bond donors (Lipinski definition) is 1. The SMILES string of the molecule is CCCCCCCCCCCCCCC1OC(C)(C)OC1/C=C/C(C)O. The topological polar surface area (TPSA) is 38.7 Å². The van der Waals surface area contributed by atoms with Crippen LogP contribution in [0.25, 0.3) is 0 Å². The number of ether oxygens (including phenoxy) is 2. The minimum absolute atomic E-state index is 0.0349. The van der Waals surface area contributed by atoms with Gasteiger partial charge in [-0.25, -0.2) is 0 Å². The Hall–Kier alpha value is -0.380. The van der Waals surface area contributed by atoms with Crippen LogP contribution in [0.1, 0.15) is 111 Å². The van der Waals surface area contributed by atoms with Crippen LogP contribution in [-0.4, -0.2) is 29.2 Å². The largest absolute Gasteiger partial charge is 0.389 e. The second-order valence-electron chi connectivity index (χ2n) is 8.44. The van der Waals surface area contributed by atoms with E-state index in [-0.39, 0.29) is 12.2 Å². The molecule has 3 unspecified atom stereocenters. The lowest BCUT2D eigenvalue weighted by Crippen LogP contribution is -2.21. The Labute approximate surface area is 162 Å². The fourth-order valence-corrected chi connectivity index (χ4v) is 3.71. The van der Waals surface area contributed by atoms with E-state index in [1.165, 1.54) is 77.0 Å². The molecule has 0 amide bonds. The molecule has 3 heteroatoms. The molecule has 3 nitrogen and oxygen atoms in total. The smallest absolute Gasteiger partial charge is 0.164 e. The fourth-order valence-electron chi connectivity index (χ4n) is 3.71. The van der Waals surface area contributed by atoms with Crippen LogP contribution in [0.2, 0.25) is 0 Å². The molecule has 0 bridgehead atoms. The summed E-state index contributed by atoms with van der Waals surface area (Å²) < 4.78 is 12.0. The summed E-state index contributed by atoms with van der Waals surface area (Å²) in [6, 6.07) is 0. The van der Waals surface area contributed by atoms with E-state index in [0.717, 1.165) is 6.42 Å². The van der Waals surface area contributed by atoms with Crippen molar-refractivity contribution in [1.82, 2.24) is 0 Å². The molecule has 26 heavy (non-hydrogen) atoms. The van der Waals surface area contributed by atoms with Gasteiger partial charge in [-0.05, 0) is 27.2 Å². The monoisotopic (exact) mass is 368 g/mol. The van der Waals surface area contributed by atoms with Gasteiger partial charge in [0.1, 0.15) is 6.10 Å².